The molecule has 0 fully saturated rings. The maximum Gasteiger partial charge on any atom is 0.326 e. The first-order chi connectivity index (χ1) is 13.0. The molecule has 0 atom stereocenters. The van der Waals surface area contributed by atoms with Crippen LogP contribution in [0.2, 0.25) is 0 Å². The highest BCUT2D eigenvalue weighted by Gasteiger charge is 2.11. The molecule has 7 heteroatoms. The third-order valence-electron chi connectivity index (χ3n) is 4.28. The van der Waals surface area contributed by atoms with Crippen molar-refractivity contribution < 1.29 is 9.53 Å². The highest BCUT2D eigenvalue weighted by atomic mass is 35.5. The van der Waals surface area contributed by atoms with E-state index < -0.39 is 6.03 Å². The normalized spacial score (nSPS) is 9.96. The molecule has 0 aliphatic heterocycles. The number of hydrogen-bond donors (Lipinski definition) is 3. The fourth-order valence-corrected chi connectivity index (χ4v) is 2.61. The fraction of sp³-hybridized carbons (Fsp3) is 0.333. The number of carbonyl (C=O) groups excluding carboxylic acids is 1. The summed E-state index contributed by atoms with van der Waals surface area (Å²) in [6.45, 7) is 5.52. The van der Waals surface area contributed by atoms with Crippen molar-refractivity contribution in [2.24, 2.45) is 0 Å². The summed E-state index contributed by atoms with van der Waals surface area (Å²) in [5, 5.41) is 13.4. The molecule has 3 N–H and O–H groups in total. The second-order valence-electron chi connectivity index (χ2n) is 6.46. The molecule has 0 aliphatic carbocycles. The zero-order valence-corrected chi connectivity index (χ0v) is 17.4. The molecule has 28 heavy (non-hydrogen) atoms. The number of benzene rings is 2. The number of carbonyl (C=O) groups is 1. The summed E-state index contributed by atoms with van der Waals surface area (Å²) in [7, 11) is 1.75. The Morgan fingerprint density at radius 3 is 2.32 bits per heavy atom. The van der Waals surface area contributed by atoms with Crippen molar-refractivity contribution in [2.45, 2.75) is 20.3 Å². The Bertz CT molecular complexity index is 748. The van der Waals surface area contributed by atoms with Crippen LogP contribution < -0.4 is 10.6 Å². The maximum absolute atomic E-state index is 12.1. The molecule has 0 unspecified atom stereocenters. The van der Waals surface area contributed by atoms with Crippen LogP contribution in [-0.2, 0) is 11.2 Å². The van der Waals surface area contributed by atoms with Crippen LogP contribution in [0, 0.1) is 19.3 Å². The van der Waals surface area contributed by atoms with Gasteiger partial charge in [-0.2, -0.15) is 0 Å². The summed E-state index contributed by atoms with van der Waals surface area (Å²) in [6.07, 6.45) is 0.860. The van der Waals surface area contributed by atoms with Crippen LogP contribution in [0.25, 0.3) is 0 Å². The Balaban J connectivity index is 0.00000392. The van der Waals surface area contributed by atoms with E-state index in [2.05, 4.69) is 22.8 Å². The molecule has 0 heterocycles. The fourth-order valence-electron chi connectivity index (χ4n) is 2.61. The predicted molar refractivity (Wildman–Crippen MR) is 117 cm³/mol. The zero-order valence-electron chi connectivity index (χ0n) is 16.6. The summed E-state index contributed by atoms with van der Waals surface area (Å²) >= 11 is 0. The maximum atomic E-state index is 12.1. The number of aryl methyl sites for hydroxylation is 2. The minimum absolute atomic E-state index is 0. The van der Waals surface area contributed by atoms with E-state index in [9.17, 15) is 4.79 Å². The van der Waals surface area contributed by atoms with Gasteiger partial charge in [0.2, 0.25) is 0 Å². The largest absolute Gasteiger partial charge is 0.379 e. The summed E-state index contributed by atoms with van der Waals surface area (Å²) in [5.74, 6) is 0.0328. The Labute approximate surface area is 173 Å². The van der Waals surface area contributed by atoms with Crippen LogP contribution in [-0.4, -0.2) is 43.7 Å². The molecule has 0 saturated heterocycles. The third kappa shape index (κ3) is 7.58. The van der Waals surface area contributed by atoms with Crippen LogP contribution in [0.5, 0.6) is 0 Å². The van der Waals surface area contributed by atoms with Crippen LogP contribution in [0.15, 0.2) is 48.5 Å². The first kappa shape index (κ1) is 23.5. The molecule has 0 saturated carbocycles. The predicted octanol–water partition coefficient (Wildman–Crippen LogP) is 3.97. The standard InChI is InChI=1S/C21H28N4O2.ClH/c1-16-8-7-9-17(2)19(16)23-21(26)24-20(22)25(3)13-15-27-14-12-18-10-5-4-6-11-18;/h4-11H,12-15H2,1-3H3,(H3,22,23,24,26);1H. The number of likely N-dealkylation sites (N-methyl/N-ethyl adjacent to an activating group) is 1. The molecule has 2 aromatic carbocycles. The quantitative estimate of drug-likeness (QED) is 0.371. The Morgan fingerprint density at radius 2 is 1.68 bits per heavy atom. The summed E-state index contributed by atoms with van der Waals surface area (Å²) in [4.78, 5) is 13.8. The third-order valence-corrected chi connectivity index (χ3v) is 4.28. The zero-order chi connectivity index (χ0) is 19.6. The van der Waals surface area contributed by atoms with Crippen LogP contribution >= 0.6 is 12.4 Å². The van der Waals surface area contributed by atoms with Crippen LogP contribution in [0.4, 0.5) is 10.5 Å². The molecule has 2 aromatic rings. The summed E-state index contributed by atoms with van der Waals surface area (Å²) in [5.41, 5.74) is 3.98. The van der Waals surface area contributed by atoms with Crippen molar-refractivity contribution in [3.05, 3.63) is 65.2 Å². The van der Waals surface area contributed by atoms with Crippen LogP contribution in [0.1, 0.15) is 16.7 Å². The topological polar surface area (TPSA) is 77.5 Å². The van der Waals surface area contributed by atoms with Gasteiger partial charge < -0.3 is 15.0 Å². The van der Waals surface area contributed by atoms with Gasteiger partial charge in [-0.25, -0.2) is 4.79 Å². The van der Waals surface area contributed by atoms with E-state index in [4.69, 9.17) is 10.1 Å². The molecule has 0 radical (unpaired) electrons. The minimum Gasteiger partial charge on any atom is -0.379 e. The molecule has 0 bridgehead atoms. The lowest BCUT2D eigenvalue weighted by Crippen LogP contribution is -2.44. The number of guanidine groups is 1. The Hall–Kier alpha value is -2.57. The van der Waals surface area contributed by atoms with E-state index in [0.717, 1.165) is 23.2 Å². The van der Waals surface area contributed by atoms with E-state index in [-0.39, 0.29) is 18.4 Å². The summed E-state index contributed by atoms with van der Waals surface area (Å²) < 4.78 is 5.62. The molecule has 2 amide bonds. The summed E-state index contributed by atoms with van der Waals surface area (Å²) in [6, 6.07) is 15.6. The molecule has 2 rings (SSSR count). The van der Waals surface area contributed by atoms with Gasteiger partial charge in [-0.3, -0.25) is 10.7 Å². The van der Waals surface area contributed by atoms with Gasteiger partial charge in [-0.1, -0.05) is 48.5 Å². The second kappa shape index (κ2) is 12.0. The number of amides is 2. The molecule has 0 spiro atoms. The molecule has 152 valence electrons. The molecule has 0 aromatic heterocycles. The van der Waals surface area contributed by atoms with Gasteiger partial charge in [-0.05, 0) is 37.0 Å². The number of halogens is 1. The smallest absolute Gasteiger partial charge is 0.326 e. The van der Waals surface area contributed by atoms with Gasteiger partial charge in [0.25, 0.3) is 0 Å². The first-order valence-corrected chi connectivity index (χ1v) is 9.03. The van der Waals surface area contributed by atoms with E-state index in [0.29, 0.717) is 19.8 Å². The number of ether oxygens (including phenoxy) is 1. The Morgan fingerprint density at radius 1 is 1.04 bits per heavy atom. The van der Waals surface area contributed by atoms with Crippen molar-refractivity contribution >= 4 is 30.1 Å². The van der Waals surface area contributed by atoms with Gasteiger partial charge in [-0.15, -0.1) is 12.4 Å². The molecule has 0 aliphatic rings. The van der Waals surface area contributed by atoms with E-state index >= 15 is 0 Å². The molecule has 6 nitrogen and oxygen atoms in total. The average Bonchev–Trinajstić information content (AvgIpc) is 2.65. The lowest BCUT2D eigenvalue weighted by molar-refractivity contribution is 0.126. The number of nitrogens with one attached hydrogen (secondary N) is 3. The molecular weight excluding hydrogens is 376 g/mol. The minimum atomic E-state index is -0.422. The van der Waals surface area contributed by atoms with Gasteiger partial charge >= 0.3 is 6.03 Å². The number of para-hydroxylation sites is 1. The number of hydrogen-bond acceptors (Lipinski definition) is 3. The van der Waals surface area contributed by atoms with Gasteiger partial charge in [0.05, 0.1) is 13.2 Å². The van der Waals surface area contributed by atoms with Crippen LogP contribution in [0.3, 0.4) is 0 Å². The lowest BCUT2D eigenvalue weighted by Gasteiger charge is -2.21. The average molecular weight is 405 g/mol. The highest BCUT2D eigenvalue weighted by molar-refractivity contribution is 6.01. The van der Waals surface area contributed by atoms with Gasteiger partial charge in [0.1, 0.15) is 0 Å². The number of rotatable bonds is 7. The van der Waals surface area contributed by atoms with Crippen molar-refractivity contribution in [1.29, 1.82) is 5.41 Å². The van der Waals surface area contributed by atoms with Crippen molar-refractivity contribution in [3.63, 3.8) is 0 Å². The van der Waals surface area contributed by atoms with E-state index in [1.165, 1.54) is 5.56 Å². The Kier molecular flexibility index (Phi) is 10.1. The van der Waals surface area contributed by atoms with E-state index in [1.54, 1.807) is 11.9 Å². The first-order valence-electron chi connectivity index (χ1n) is 9.03. The highest BCUT2D eigenvalue weighted by Crippen LogP contribution is 2.18. The van der Waals surface area contributed by atoms with E-state index in [1.807, 2.05) is 50.2 Å². The number of urea groups is 1. The SMILES string of the molecule is Cc1cccc(C)c1NC(=O)NC(=N)N(C)CCOCCc1ccccc1.Cl. The second-order valence-corrected chi connectivity index (χ2v) is 6.46. The van der Waals surface area contributed by atoms with Gasteiger partial charge in [0.15, 0.2) is 5.96 Å². The van der Waals surface area contributed by atoms with Crippen molar-refractivity contribution in [2.75, 3.05) is 32.1 Å². The number of anilines is 1. The monoisotopic (exact) mass is 404 g/mol. The number of nitrogens with zero attached hydrogens (tertiary/aromatic N) is 1. The lowest BCUT2D eigenvalue weighted by atomic mass is 10.1. The van der Waals surface area contributed by atoms with Crippen molar-refractivity contribution in [1.82, 2.24) is 10.2 Å². The molecular formula is C21H29ClN4O2. The van der Waals surface area contributed by atoms with Crippen molar-refractivity contribution in [3.8, 4) is 0 Å². The van der Waals surface area contributed by atoms with Gasteiger partial charge in [0, 0.05) is 19.3 Å².